The molecule has 0 amide bonds. The minimum Gasteiger partial charge on any atom is -0.395 e. The molecule has 0 bridgehead atoms. The van der Waals surface area contributed by atoms with Crippen molar-refractivity contribution in [3.63, 3.8) is 0 Å². The van der Waals surface area contributed by atoms with Gasteiger partial charge in [0.2, 0.25) is 0 Å². The monoisotopic (exact) mass is 166 g/mol. The minimum absolute atomic E-state index is 0.682. The number of hydrogen-bond donors (Lipinski definition) is 5. The Hall–Kier alpha value is -0.200. The highest BCUT2D eigenvalue weighted by molar-refractivity contribution is 4.84. The van der Waals surface area contributed by atoms with Crippen LogP contribution in [0, 0.1) is 5.41 Å². The van der Waals surface area contributed by atoms with Gasteiger partial charge in [-0.3, -0.25) is 0 Å². The van der Waals surface area contributed by atoms with Crippen LogP contribution >= 0.6 is 0 Å². The van der Waals surface area contributed by atoms with Crippen LogP contribution in [0.1, 0.15) is 6.92 Å². The summed E-state index contributed by atoms with van der Waals surface area (Å²) in [7, 11) is 0. The van der Waals surface area contributed by atoms with Crippen molar-refractivity contribution in [3.05, 3.63) is 0 Å². The third-order valence-electron chi connectivity index (χ3n) is 1.93. The molecule has 0 aromatic heterocycles. The Bertz CT molecular complexity index is 97.5. The summed E-state index contributed by atoms with van der Waals surface area (Å²) in [5.74, 6) is 0. The van der Waals surface area contributed by atoms with Crippen molar-refractivity contribution in [2.75, 3.05) is 13.2 Å². The van der Waals surface area contributed by atoms with Crippen molar-refractivity contribution in [2.45, 2.75) is 19.3 Å². The van der Waals surface area contributed by atoms with Crippen LogP contribution in [0.3, 0.4) is 0 Å². The Balaban J connectivity index is 4.46. The van der Waals surface area contributed by atoms with Gasteiger partial charge in [-0.1, -0.05) is 0 Å². The maximum absolute atomic E-state index is 8.99. The number of aliphatic hydroxyl groups excluding tert-OH is 4. The van der Waals surface area contributed by atoms with E-state index in [1.807, 2.05) is 0 Å². The van der Waals surface area contributed by atoms with Gasteiger partial charge in [0, 0.05) is 0 Å². The van der Waals surface area contributed by atoms with E-state index in [0.29, 0.717) is 0 Å². The Kier molecular flexibility index (Phi) is 3.91. The van der Waals surface area contributed by atoms with Crippen molar-refractivity contribution in [3.8, 4) is 0 Å². The van der Waals surface area contributed by atoms with E-state index >= 15 is 0 Å². The molecule has 0 rings (SSSR count). The first-order valence-electron chi connectivity index (χ1n) is 3.27. The fourth-order valence-electron chi connectivity index (χ4n) is 0.693. The van der Waals surface area contributed by atoms with Crippen LogP contribution in [0.15, 0.2) is 0 Å². The molecular weight excluding hydrogens is 152 g/mol. The van der Waals surface area contributed by atoms with Crippen molar-refractivity contribution in [1.82, 2.24) is 0 Å². The van der Waals surface area contributed by atoms with Gasteiger partial charge in [-0.2, -0.15) is 0 Å². The molecule has 0 radical (unpaired) electrons. The third-order valence-corrected chi connectivity index (χ3v) is 1.93. The third kappa shape index (κ3) is 1.88. The first-order chi connectivity index (χ1) is 5.01. The van der Waals surface area contributed by atoms with Crippen molar-refractivity contribution in [2.24, 2.45) is 5.41 Å². The molecule has 0 aromatic carbocycles. The van der Waals surface area contributed by atoms with Crippen LogP contribution in [-0.4, -0.2) is 51.1 Å². The minimum atomic E-state index is -1.93. The molecule has 1 unspecified atom stereocenters. The summed E-state index contributed by atoms with van der Waals surface area (Å²) in [5.41, 5.74) is -1.64. The summed E-state index contributed by atoms with van der Waals surface area (Å²) in [4.78, 5) is 0. The van der Waals surface area contributed by atoms with Crippen LogP contribution < -0.4 is 0 Å². The van der Waals surface area contributed by atoms with Gasteiger partial charge in [-0.25, -0.2) is 0 Å². The fourth-order valence-corrected chi connectivity index (χ4v) is 0.693. The van der Waals surface area contributed by atoms with Gasteiger partial charge < -0.3 is 25.5 Å². The van der Waals surface area contributed by atoms with Crippen LogP contribution in [0.25, 0.3) is 0 Å². The van der Waals surface area contributed by atoms with E-state index in [4.69, 9.17) is 25.5 Å². The van der Waals surface area contributed by atoms with E-state index in [1.165, 1.54) is 6.92 Å². The largest absolute Gasteiger partial charge is 0.395 e. The number of rotatable bonds is 4. The first-order valence-corrected chi connectivity index (χ1v) is 3.27. The maximum Gasteiger partial charge on any atom is 0.164 e. The van der Waals surface area contributed by atoms with Gasteiger partial charge in [0.15, 0.2) is 6.29 Å². The lowest BCUT2D eigenvalue weighted by molar-refractivity contribution is -0.204. The molecule has 0 aromatic rings. The molecular formula is C6H14O5. The van der Waals surface area contributed by atoms with Crippen LogP contribution in [0.5, 0.6) is 0 Å². The lowest BCUT2D eigenvalue weighted by Crippen LogP contribution is -2.49. The number of aliphatic hydroxyl groups is 5. The second kappa shape index (κ2) is 3.99. The molecule has 0 fully saturated rings. The van der Waals surface area contributed by atoms with Gasteiger partial charge in [0.25, 0.3) is 0 Å². The van der Waals surface area contributed by atoms with Crippen LogP contribution in [0.2, 0.25) is 0 Å². The Labute approximate surface area is 64.5 Å². The molecule has 0 saturated carbocycles. The lowest BCUT2D eigenvalue weighted by atomic mass is 9.84. The average molecular weight is 166 g/mol. The van der Waals surface area contributed by atoms with E-state index in [9.17, 15) is 0 Å². The summed E-state index contributed by atoms with van der Waals surface area (Å²) in [6, 6.07) is 0. The van der Waals surface area contributed by atoms with E-state index in [-0.39, 0.29) is 0 Å². The zero-order valence-corrected chi connectivity index (χ0v) is 6.30. The Morgan fingerprint density at radius 1 is 1.09 bits per heavy atom. The second-order valence-electron chi connectivity index (χ2n) is 2.60. The van der Waals surface area contributed by atoms with Gasteiger partial charge in [-0.15, -0.1) is 0 Å². The normalized spacial score (nSPS) is 15.5. The van der Waals surface area contributed by atoms with Crippen molar-refractivity contribution < 1.29 is 25.5 Å². The van der Waals surface area contributed by atoms with Gasteiger partial charge in [0.1, 0.15) is 0 Å². The van der Waals surface area contributed by atoms with Crippen LogP contribution in [0.4, 0.5) is 0 Å². The molecule has 11 heavy (non-hydrogen) atoms. The molecule has 0 aliphatic heterocycles. The molecule has 0 heterocycles. The van der Waals surface area contributed by atoms with Gasteiger partial charge in [0.05, 0.1) is 24.7 Å². The molecule has 5 nitrogen and oxygen atoms in total. The number of hydrogen-bond acceptors (Lipinski definition) is 5. The molecule has 5 heteroatoms. The first kappa shape index (κ1) is 10.8. The van der Waals surface area contributed by atoms with E-state index in [1.54, 1.807) is 0 Å². The highest BCUT2D eigenvalue weighted by Gasteiger charge is 2.40. The van der Waals surface area contributed by atoms with Crippen LogP contribution in [-0.2, 0) is 0 Å². The predicted molar refractivity (Wildman–Crippen MR) is 36.5 cm³/mol. The lowest BCUT2D eigenvalue weighted by Gasteiger charge is -2.33. The highest BCUT2D eigenvalue weighted by Crippen LogP contribution is 2.24. The van der Waals surface area contributed by atoms with E-state index in [0.717, 1.165) is 0 Å². The zero-order chi connectivity index (χ0) is 9.07. The standard InChI is InChI=1S/C6H14O5/c1-4(9)6(2-7,3-8)5(10)11/h4-5,7-11H,2-3H2,1H3. The van der Waals surface area contributed by atoms with Crippen molar-refractivity contribution in [1.29, 1.82) is 0 Å². The quantitative estimate of drug-likeness (QED) is 0.301. The average Bonchev–Trinajstić information content (AvgIpc) is 1.90. The topological polar surface area (TPSA) is 101 Å². The van der Waals surface area contributed by atoms with Gasteiger partial charge in [-0.05, 0) is 6.92 Å². The SMILES string of the molecule is CC(O)C(CO)(CO)C(O)O. The zero-order valence-electron chi connectivity index (χ0n) is 6.30. The summed E-state index contributed by atoms with van der Waals surface area (Å²) in [6.45, 7) is -0.0937. The molecule has 5 N–H and O–H groups in total. The molecule has 0 aliphatic carbocycles. The Morgan fingerprint density at radius 3 is 1.45 bits per heavy atom. The summed E-state index contributed by atoms with van der Waals surface area (Å²) >= 11 is 0. The molecule has 0 spiro atoms. The smallest absolute Gasteiger partial charge is 0.164 e. The van der Waals surface area contributed by atoms with E-state index in [2.05, 4.69) is 0 Å². The molecule has 68 valence electrons. The predicted octanol–water partition coefficient (Wildman–Crippen LogP) is -2.35. The Morgan fingerprint density at radius 2 is 1.45 bits per heavy atom. The fraction of sp³-hybridized carbons (Fsp3) is 1.00. The maximum atomic E-state index is 8.99. The van der Waals surface area contributed by atoms with E-state index < -0.39 is 31.0 Å². The van der Waals surface area contributed by atoms with Gasteiger partial charge >= 0.3 is 0 Å². The summed E-state index contributed by atoms with van der Waals surface area (Å²) < 4.78 is 0. The second-order valence-corrected chi connectivity index (χ2v) is 2.60. The van der Waals surface area contributed by atoms with Crippen molar-refractivity contribution >= 4 is 0 Å². The molecule has 1 atom stereocenters. The molecule has 0 saturated heterocycles. The molecule has 0 aliphatic rings. The summed E-state index contributed by atoms with van der Waals surface area (Å²) in [6.07, 6.45) is -3.12. The summed E-state index contributed by atoms with van der Waals surface area (Å²) in [5, 5.41) is 43.8. The highest BCUT2D eigenvalue weighted by atomic mass is 16.5.